The summed E-state index contributed by atoms with van der Waals surface area (Å²) in [5.41, 5.74) is 2.22. The van der Waals surface area contributed by atoms with Gasteiger partial charge in [-0.05, 0) is 65.4 Å². The molecule has 10 rings (SSSR count). The average molecular weight is 615 g/mol. The highest BCUT2D eigenvalue weighted by atomic mass is 32.1. The third-order valence-corrected chi connectivity index (χ3v) is 12.2. The van der Waals surface area contributed by atoms with E-state index in [0.717, 1.165) is 17.2 Å². The van der Waals surface area contributed by atoms with Crippen molar-refractivity contribution in [3.05, 3.63) is 134 Å². The van der Waals surface area contributed by atoms with E-state index in [0.29, 0.717) is 0 Å². The Hall–Kier alpha value is -4.81. The molecular weight excluding hydrogens is 593 g/mol. The lowest BCUT2D eigenvalue weighted by Crippen LogP contribution is -2.11. The number of rotatable bonds is 3. The van der Waals surface area contributed by atoms with Crippen LogP contribution in [0, 0.1) is 0 Å². The minimum Gasteiger partial charge on any atom is -0.294 e. The molecule has 4 aromatic heterocycles. The average Bonchev–Trinajstić information content (AvgIpc) is 3.76. The topological polar surface area (TPSA) is 16.1 Å². The van der Waals surface area contributed by atoms with Gasteiger partial charge in [0.05, 0.1) is 0 Å². The Morgan fingerprint density at radius 1 is 0.432 bits per heavy atom. The fourth-order valence-electron chi connectivity index (χ4n) is 6.70. The van der Waals surface area contributed by atoms with Crippen LogP contribution in [0.15, 0.2) is 134 Å². The molecule has 0 N–H and O–H groups in total. The quantitative estimate of drug-likeness (QED) is 0.197. The van der Waals surface area contributed by atoms with E-state index in [-0.39, 0.29) is 0 Å². The van der Waals surface area contributed by atoms with Gasteiger partial charge >= 0.3 is 0 Å². The number of hydrogen-bond acceptors (Lipinski definition) is 5. The first kappa shape index (κ1) is 24.6. The Morgan fingerprint density at radius 2 is 1.02 bits per heavy atom. The van der Waals surface area contributed by atoms with Crippen LogP contribution in [0.4, 0.5) is 17.2 Å². The fraction of sp³-hybridized carbons (Fsp3) is 0. The van der Waals surface area contributed by atoms with Gasteiger partial charge in [0.1, 0.15) is 5.82 Å². The van der Waals surface area contributed by atoms with Crippen molar-refractivity contribution in [1.29, 1.82) is 0 Å². The van der Waals surface area contributed by atoms with Gasteiger partial charge < -0.3 is 0 Å². The minimum atomic E-state index is 0.960. The Morgan fingerprint density at radius 3 is 1.70 bits per heavy atom. The predicted octanol–water partition coefficient (Wildman–Crippen LogP) is 12.8. The lowest BCUT2D eigenvalue weighted by atomic mass is 10.1. The van der Waals surface area contributed by atoms with Gasteiger partial charge in [0.25, 0.3) is 0 Å². The van der Waals surface area contributed by atoms with Crippen LogP contribution in [0.5, 0.6) is 0 Å². The summed E-state index contributed by atoms with van der Waals surface area (Å²) in [6.07, 6.45) is 1.97. The van der Waals surface area contributed by atoms with Crippen LogP contribution >= 0.6 is 34.0 Å². The predicted molar refractivity (Wildman–Crippen MR) is 195 cm³/mol. The highest BCUT2D eigenvalue weighted by Crippen LogP contribution is 2.47. The minimum absolute atomic E-state index is 0.960. The van der Waals surface area contributed by atoms with E-state index in [1.54, 1.807) is 0 Å². The summed E-state index contributed by atoms with van der Waals surface area (Å²) in [5.74, 6) is 0.960. The van der Waals surface area contributed by atoms with Crippen molar-refractivity contribution in [3.63, 3.8) is 0 Å². The second kappa shape index (κ2) is 9.34. The summed E-state index contributed by atoms with van der Waals surface area (Å²) in [6, 6.07) is 46.6. The maximum absolute atomic E-state index is 5.16. The molecule has 0 aliphatic carbocycles. The summed E-state index contributed by atoms with van der Waals surface area (Å²) in [4.78, 5) is 7.54. The first-order valence-electron chi connectivity index (χ1n) is 14.6. The highest BCUT2D eigenvalue weighted by molar-refractivity contribution is 7.27. The molecule has 0 spiro atoms. The largest absolute Gasteiger partial charge is 0.294 e. The number of pyridine rings is 1. The molecule has 10 aromatic rings. The van der Waals surface area contributed by atoms with Gasteiger partial charge in [-0.25, -0.2) is 4.98 Å². The molecule has 5 heteroatoms. The zero-order chi connectivity index (χ0) is 28.8. The molecule has 0 unspecified atom stereocenters. The zero-order valence-electron chi connectivity index (χ0n) is 23.3. The van der Waals surface area contributed by atoms with Crippen molar-refractivity contribution in [3.8, 4) is 0 Å². The molecule has 0 aliphatic heterocycles. The lowest BCUT2D eigenvalue weighted by Gasteiger charge is -2.25. The maximum Gasteiger partial charge on any atom is 0.146 e. The first-order chi connectivity index (χ1) is 21.8. The van der Waals surface area contributed by atoms with Crippen LogP contribution < -0.4 is 4.90 Å². The Bertz CT molecular complexity index is 2630. The molecule has 0 aliphatic rings. The molecule has 0 bridgehead atoms. The second-order valence-corrected chi connectivity index (χ2v) is 14.4. The smallest absolute Gasteiger partial charge is 0.146 e. The molecule has 0 saturated heterocycles. The number of anilines is 3. The highest BCUT2D eigenvalue weighted by Gasteiger charge is 2.22. The van der Waals surface area contributed by atoms with Gasteiger partial charge in [-0.2, -0.15) is 0 Å². The third-order valence-electron chi connectivity index (χ3n) is 8.70. The van der Waals surface area contributed by atoms with Crippen LogP contribution in [-0.4, -0.2) is 4.98 Å². The van der Waals surface area contributed by atoms with E-state index in [1.807, 2.05) is 40.2 Å². The molecular formula is C39H22N2S3. The molecule has 0 fully saturated rings. The number of thiophene rings is 3. The molecule has 0 atom stereocenters. The van der Waals surface area contributed by atoms with Crippen LogP contribution in [0.25, 0.3) is 71.3 Å². The molecule has 0 saturated carbocycles. The molecule has 0 radical (unpaired) electrons. The molecule has 206 valence electrons. The number of benzene rings is 6. The van der Waals surface area contributed by atoms with Crippen molar-refractivity contribution in [2.24, 2.45) is 0 Å². The molecule has 6 aromatic carbocycles. The zero-order valence-corrected chi connectivity index (χ0v) is 25.8. The van der Waals surface area contributed by atoms with E-state index in [1.165, 1.54) is 71.3 Å². The van der Waals surface area contributed by atoms with Crippen LogP contribution in [0.2, 0.25) is 0 Å². The van der Waals surface area contributed by atoms with Gasteiger partial charge in [0, 0.05) is 78.1 Å². The number of hydrogen-bond donors (Lipinski definition) is 0. The van der Waals surface area contributed by atoms with E-state index in [4.69, 9.17) is 4.98 Å². The summed E-state index contributed by atoms with van der Waals surface area (Å²) in [7, 11) is 0. The van der Waals surface area contributed by atoms with Gasteiger partial charge in [-0.3, -0.25) is 4.90 Å². The lowest BCUT2D eigenvalue weighted by molar-refractivity contribution is 1.21. The van der Waals surface area contributed by atoms with E-state index in [2.05, 4.69) is 132 Å². The van der Waals surface area contributed by atoms with Crippen molar-refractivity contribution < 1.29 is 0 Å². The molecule has 44 heavy (non-hydrogen) atoms. The number of aromatic nitrogens is 1. The Kier molecular flexibility index (Phi) is 5.23. The van der Waals surface area contributed by atoms with Crippen molar-refractivity contribution >= 4 is 122 Å². The van der Waals surface area contributed by atoms with E-state index in [9.17, 15) is 0 Å². The van der Waals surface area contributed by atoms with Gasteiger partial charge in [0.15, 0.2) is 0 Å². The first-order valence-corrected chi connectivity index (χ1v) is 17.1. The summed E-state index contributed by atoms with van der Waals surface area (Å²) < 4.78 is 7.78. The van der Waals surface area contributed by atoms with Crippen molar-refractivity contribution in [1.82, 2.24) is 4.98 Å². The van der Waals surface area contributed by atoms with E-state index >= 15 is 0 Å². The van der Waals surface area contributed by atoms with Crippen LogP contribution in [-0.2, 0) is 0 Å². The molecule has 0 amide bonds. The second-order valence-electron chi connectivity index (χ2n) is 11.2. The van der Waals surface area contributed by atoms with Gasteiger partial charge in [-0.1, -0.05) is 72.8 Å². The van der Waals surface area contributed by atoms with Crippen LogP contribution in [0.1, 0.15) is 0 Å². The van der Waals surface area contributed by atoms with Gasteiger partial charge in [-0.15, -0.1) is 34.0 Å². The molecule has 2 nitrogen and oxygen atoms in total. The Balaban J connectivity index is 1.30. The van der Waals surface area contributed by atoms with Crippen LogP contribution in [0.3, 0.4) is 0 Å². The third kappa shape index (κ3) is 3.55. The summed E-state index contributed by atoms with van der Waals surface area (Å²) in [5, 5.41) is 10.2. The normalized spacial score (nSPS) is 12.1. The van der Waals surface area contributed by atoms with E-state index < -0.39 is 0 Å². The standard InChI is InChI=1S/C39H22N2S3/c1-2-8-26-23(7-1)13-16-29-37-36(44-38(26)29)19-20-40-39(37)41(24-14-17-34-30(21-24)27-9-3-5-11-32(27)42-34)25-15-18-35-31(22-25)28-10-4-6-12-33(28)43-35/h1-22H. The number of nitrogens with zero attached hydrogens (tertiary/aromatic N) is 2. The van der Waals surface area contributed by atoms with Crippen molar-refractivity contribution in [2.45, 2.75) is 0 Å². The Labute approximate surface area is 264 Å². The summed E-state index contributed by atoms with van der Waals surface area (Å²) in [6.45, 7) is 0. The SMILES string of the molecule is c1ccc2c(c1)ccc1c2sc2ccnc(N(c3ccc4sc5ccccc5c4c3)c3ccc4sc5ccccc5c4c3)c21. The summed E-state index contributed by atoms with van der Waals surface area (Å²) >= 11 is 5.57. The van der Waals surface area contributed by atoms with Gasteiger partial charge in [0.2, 0.25) is 0 Å². The number of fused-ring (bicyclic) bond motifs is 11. The monoisotopic (exact) mass is 614 g/mol. The fourth-order valence-corrected chi connectivity index (χ4v) is 10.1. The van der Waals surface area contributed by atoms with Crippen molar-refractivity contribution in [2.75, 3.05) is 4.90 Å². The molecule has 4 heterocycles. The maximum atomic E-state index is 5.16.